The van der Waals surface area contributed by atoms with Crippen molar-refractivity contribution in [3.63, 3.8) is 0 Å². The normalized spacial score (nSPS) is 9.29. The van der Waals surface area contributed by atoms with Crippen molar-refractivity contribution >= 4 is 5.78 Å². The number of carbonyl (C=O) groups excluding carboxylic acids is 1. The summed E-state index contributed by atoms with van der Waals surface area (Å²) >= 11 is 0. The van der Waals surface area contributed by atoms with Crippen molar-refractivity contribution in [3.8, 4) is 11.8 Å². The first kappa shape index (κ1) is 13.2. The van der Waals surface area contributed by atoms with Gasteiger partial charge in [0.1, 0.15) is 5.78 Å². The molecule has 0 saturated carbocycles. The van der Waals surface area contributed by atoms with Gasteiger partial charge < -0.3 is 4.79 Å². The van der Waals surface area contributed by atoms with E-state index in [1.807, 2.05) is 0 Å². The third-order valence-electron chi connectivity index (χ3n) is 2.11. The zero-order valence-corrected chi connectivity index (χ0v) is 9.57. The number of carbonyl (C=O) groups is 1. The molecule has 0 heterocycles. The lowest BCUT2D eigenvalue weighted by molar-refractivity contribution is -0.117. The Labute approximate surface area is 88.3 Å². The van der Waals surface area contributed by atoms with Gasteiger partial charge in [0.25, 0.3) is 0 Å². The van der Waals surface area contributed by atoms with Crippen LogP contribution in [0.25, 0.3) is 0 Å². The van der Waals surface area contributed by atoms with Crippen molar-refractivity contribution in [1.82, 2.24) is 0 Å². The van der Waals surface area contributed by atoms with Gasteiger partial charge in [0.2, 0.25) is 0 Å². The highest BCUT2D eigenvalue weighted by Gasteiger charge is 1.90. The number of ketones is 1. The fourth-order valence-electron chi connectivity index (χ4n) is 1.24. The maximum absolute atomic E-state index is 10.6. The van der Waals surface area contributed by atoms with Gasteiger partial charge in [-0.3, -0.25) is 0 Å². The van der Waals surface area contributed by atoms with E-state index in [2.05, 4.69) is 18.8 Å². The molecule has 80 valence electrons. The number of Topliss-reactive ketones (excluding diaryl/α,β-unsaturated/α-hetero) is 1. The van der Waals surface area contributed by atoms with Crippen LogP contribution in [0.3, 0.4) is 0 Å². The van der Waals surface area contributed by atoms with Crippen LogP contribution in [0.15, 0.2) is 0 Å². The molecule has 0 aromatic heterocycles. The first-order valence-corrected chi connectivity index (χ1v) is 5.72. The molecule has 1 nitrogen and oxygen atoms in total. The summed E-state index contributed by atoms with van der Waals surface area (Å²) in [6.07, 6.45) is 8.67. The van der Waals surface area contributed by atoms with E-state index >= 15 is 0 Å². The second-order valence-electron chi connectivity index (χ2n) is 3.72. The molecule has 0 amide bonds. The van der Waals surface area contributed by atoms with Gasteiger partial charge >= 0.3 is 0 Å². The molecule has 14 heavy (non-hydrogen) atoms. The molecule has 0 rings (SSSR count). The van der Waals surface area contributed by atoms with E-state index in [-0.39, 0.29) is 5.78 Å². The molecule has 0 aromatic rings. The predicted molar refractivity (Wildman–Crippen MR) is 61.1 cm³/mol. The summed E-state index contributed by atoms with van der Waals surface area (Å²) in [6.45, 7) is 3.85. The van der Waals surface area contributed by atoms with Crippen molar-refractivity contribution in [1.29, 1.82) is 0 Å². The second-order valence-corrected chi connectivity index (χ2v) is 3.72. The SMILES string of the molecule is CCCCCCC#CCCCC(C)=O. The molecule has 0 aliphatic heterocycles. The summed E-state index contributed by atoms with van der Waals surface area (Å²) in [5, 5.41) is 0. The number of hydrogen-bond acceptors (Lipinski definition) is 1. The predicted octanol–water partition coefficient (Wildman–Crippen LogP) is 3.72. The van der Waals surface area contributed by atoms with Crippen molar-refractivity contribution in [2.24, 2.45) is 0 Å². The van der Waals surface area contributed by atoms with Gasteiger partial charge in [0.05, 0.1) is 0 Å². The zero-order valence-electron chi connectivity index (χ0n) is 9.57. The Bertz CT molecular complexity index is 195. The van der Waals surface area contributed by atoms with Crippen LogP contribution in [0.2, 0.25) is 0 Å². The van der Waals surface area contributed by atoms with E-state index in [4.69, 9.17) is 0 Å². The van der Waals surface area contributed by atoms with Gasteiger partial charge in [0.15, 0.2) is 0 Å². The molecule has 0 fully saturated rings. The first-order valence-electron chi connectivity index (χ1n) is 5.72. The molecule has 0 aliphatic carbocycles. The Morgan fingerprint density at radius 1 is 1.00 bits per heavy atom. The van der Waals surface area contributed by atoms with Crippen LogP contribution in [-0.4, -0.2) is 5.78 Å². The lowest BCUT2D eigenvalue weighted by atomic mass is 10.1. The van der Waals surface area contributed by atoms with E-state index in [9.17, 15) is 4.79 Å². The lowest BCUT2D eigenvalue weighted by Crippen LogP contribution is -1.87. The summed E-state index contributed by atoms with van der Waals surface area (Å²) in [7, 11) is 0. The van der Waals surface area contributed by atoms with Gasteiger partial charge in [-0.05, 0) is 19.8 Å². The molecule has 0 unspecified atom stereocenters. The fourth-order valence-corrected chi connectivity index (χ4v) is 1.24. The van der Waals surface area contributed by atoms with Gasteiger partial charge in [-0.1, -0.05) is 26.2 Å². The molecule has 0 atom stereocenters. The summed E-state index contributed by atoms with van der Waals surface area (Å²) in [5.74, 6) is 6.55. The standard InChI is InChI=1S/C13H22O/c1-3-4-5-6-7-8-9-10-11-12-13(2)14/h3-7,10-12H2,1-2H3. The average Bonchev–Trinajstić information content (AvgIpc) is 2.15. The maximum Gasteiger partial charge on any atom is 0.129 e. The third kappa shape index (κ3) is 11.2. The van der Waals surface area contributed by atoms with E-state index in [1.54, 1.807) is 6.92 Å². The maximum atomic E-state index is 10.6. The highest BCUT2D eigenvalue weighted by molar-refractivity contribution is 5.75. The van der Waals surface area contributed by atoms with Crippen LogP contribution < -0.4 is 0 Å². The smallest absolute Gasteiger partial charge is 0.129 e. The molecule has 0 N–H and O–H groups in total. The van der Waals surface area contributed by atoms with Crippen molar-refractivity contribution < 1.29 is 4.79 Å². The summed E-state index contributed by atoms with van der Waals surface area (Å²) in [4.78, 5) is 10.6. The monoisotopic (exact) mass is 194 g/mol. The van der Waals surface area contributed by atoms with Crippen molar-refractivity contribution in [3.05, 3.63) is 0 Å². The molecule has 1 heteroatoms. The highest BCUT2D eigenvalue weighted by atomic mass is 16.1. The van der Waals surface area contributed by atoms with E-state index in [1.165, 1.54) is 25.7 Å². The molecule has 0 radical (unpaired) electrons. The molecule has 0 saturated heterocycles. The number of unbranched alkanes of at least 4 members (excludes halogenated alkanes) is 5. The molecule has 0 aliphatic rings. The van der Waals surface area contributed by atoms with E-state index < -0.39 is 0 Å². The second kappa shape index (κ2) is 10.3. The Morgan fingerprint density at radius 3 is 2.21 bits per heavy atom. The lowest BCUT2D eigenvalue weighted by Gasteiger charge is -1.92. The van der Waals surface area contributed by atoms with Gasteiger partial charge in [-0.15, -0.1) is 11.8 Å². The topological polar surface area (TPSA) is 17.1 Å². The van der Waals surface area contributed by atoms with Gasteiger partial charge in [-0.25, -0.2) is 0 Å². The van der Waals surface area contributed by atoms with Crippen LogP contribution >= 0.6 is 0 Å². The van der Waals surface area contributed by atoms with Crippen LogP contribution in [0, 0.1) is 11.8 Å². The molecule has 0 spiro atoms. The number of hydrogen-bond donors (Lipinski definition) is 0. The van der Waals surface area contributed by atoms with Gasteiger partial charge in [0, 0.05) is 19.3 Å². The Morgan fingerprint density at radius 2 is 1.64 bits per heavy atom. The Balaban J connectivity index is 3.14. The average molecular weight is 194 g/mol. The molecule has 0 bridgehead atoms. The Kier molecular flexibility index (Phi) is 9.74. The van der Waals surface area contributed by atoms with Crippen molar-refractivity contribution in [2.75, 3.05) is 0 Å². The number of rotatable bonds is 7. The van der Waals surface area contributed by atoms with Gasteiger partial charge in [-0.2, -0.15) is 0 Å². The molecular weight excluding hydrogens is 172 g/mol. The van der Waals surface area contributed by atoms with Crippen LogP contribution in [0.4, 0.5) is 0 Å². The Hall–Kier alpha value is -0.770. The van der Waals surface area contributed by atoms with Crippen LogP contribution in [0.1, 0.15) is 65.2 Å². The van der Waals surface area contributed by atoms with Crippen molar-refractivity contribution in [2.45, 2.75) is 65.2 Å². The summed E-state index contributed by atoms with van der Waals surface area (Å²) in [6, 6.07) is 0. The highest BCUT2D eigenvalue weighted by Crippen LogP contribution is 2.01. The zero-order chi connectivity index (χ0) is 10.6. The summed E-state index contributed by atoms with van der Waals surface area (Å²) < 4.78 is 0. The van der Waals surface area contributed by atoms with E-state index in [0.717, 1.165) is 19.3 Å². The third-order valence-corrected chi connectivity index (χ3v) is 2.11. The molecular formula is C13H22O. The van der Waals surface area contributed by atoms with Crippen LogP contribution in [-0.2, 0) is 4.79 Å². The van der Waals surface area contributed by atoms with E-state index in [0.29, 0.717) is 6.42 Å². The minimum absolute atomic E-state index is 0.273. The summed E-state index contributed by atoms with van der Waals surface area (Å²) in [5.41, 5.74) is 0. The fraction of sp³-hybridized carbons (Fsp3) is 0.769. The minimum atomic E-state index is 0.273. The quantitative estimate of drug-likeness (QED) is 0.446. The first-order chi connectivity index (χ1) is 6.77. The minimum Gasteiger partial charge on any atom is -0.300 e. The molecule has 0 aromatic carbocycles. The van der Waals surface area contributed by atoms with Crippen LogP contribution in [0.5, 0.6) is 0 Å². The largest absolute Gasteiger partial charge is 0.300 e.